The number of ether oxygens (including phenoxy) is 1. The third-order valence-corrected chi connectivity index (χ3v) is 1.72. The normalized spacial score (nSPS) is 26.9. The summed E-state index contributed by atoms with van der Waals surface area (Å²) in [6.45, 7) is 0. The summed E-state index contributed by atoms with van der Waals surface area (Å²) in [6.07, 6.45) is 1.04. The highest BCUT2D eigenvalue weighted by atomic mass is 16.5. The molecule has 0 aromatic rings. The summed E-state index contributed by atoms with van der Waals surface area (Å²) in [5.74, 6) is -1.32. The number of rotatable bonds is 1. The lowest BCUT2D eigenvalue weighted by molar-refractivity contribution is -0.157. The molecule has 0 aromatic heterocycles. The minimum absolute atomic E-state index is 0.0637. The fourth-order valence-corrected chi connectivity index (χ4v) is 1.14. The molecule has 1 atom stereocenters. The monoisotopic (exact) mass is 155 g/mol. The van der Waals surface area contributed by atoms with E-state index >= 15 is 0 Å². The number of β-lactam (4-membered cyclic amide) rings is 1. The second kappa shape index (κ2) is 1.75. The maximum atomic E-state index is 10.8. The van der Waals surface area contributed by atoms with Crippen molar-refractivity contribution in [2.45, 2.75) is 12.6 Å². The van der Waals surface area contributed by atoms with Crippen LogP contribution in [-0.2, 0) is 14.3 Å². The van der Waals surface area contributed by atoms with Crippen LogP contribution in [0.4, 0.5) is 0 Å². The van der Waals surface area contributed by atoms with Crippen molar-refractivity contribution >= 4 is 11.9 Å². The molecule has 2 heterocycles. The SMILES string of the molecule is O=C(O)C1=CO[C@@H]2CC(=O)N12. The second-order valence-corrected chi connectivity index (χ2v) is 2.37. The predicted octanol–water partition coefficient (Wildman–Crippen LogP) is -0.499. The first-order valence-corrected chi connectivity index (χ1v) is 3.11. The molecule has 2 aliphatic heterocycles. The Hall–Kier alpha value is -1.52. The van der Waals surface area contributed by atoms with E-state index in [1.165, 1.54) is 0 Å². The smallest absolute Gasteiger partial charge is 0.355 e. The van der Waals surface area contributed by atoms with Crippen LogP contribution in [0.15, 0.2) is 12.0 Å². The lowest BCUT2D eigenvalue weighted by atomic mass is 10.1. The fourth-order valence-electron chi connectivity index (χ4n) is 1.14. The molecule has 0 radical (unpaired) electrons. The Kier molecular flexibility index (Phi) is 0.986. The van der Waals surface area contributed by atoms with Gasteiger partial charge < -0.3 is 9.84 Å². The van der Waals surface area contributed by atoms with E-state index in [4.69, 9.17) is 9.84 Å². The number of carbonyl (C=O) groups excluding carboxylic acids is 1. The minimum atomic E-state index is -1.12. The van der Waals surface area contributed by atoms with Crippen LogP contribution in [0.25, 0.3) is 0 Å². The minimum Gasteiger partial charge on any atom is -0.476 e. The van der Waals surface area contributed by atoms with Crippen LogP contribution in [0.2, 0.25) is 0 Å². The predicted molar refractivity (Wildman–Crippen MR) is 32.1 cm³/mol. The number of carboxylic acids is 1. The van der Waals surface area contributed by atoms with Gasteiger partial charge in [0.2, 0.25) is 5.91 Å². The molecule has 0 unspecified atom stereocenters. The molecule has 5 nitrogen and oxygen atoms in total. The third-order valence-electron chi connectivity index (χ3n) is 1.72. The molecule has 1 saturated heterocycles. The first-order valence-electron chi connectivity index (χ1n) is 3.11. The molecule has 2 rings (SSSR count). The first kappa shape index (κ1) is 6.21. The van der Waals surface area contributed by atoms with Crippen LogP contribution >= 0.6 is 0 Å². The van der Waals surface area contributed by atoms with Gasteiger partial charge in [0.05, 0.1) is 6.42 Å². The molecule has 0 aromatic carbocycles. The molecule has 1 amide bonds. The van der Waals surface area contributed by atoms with Crippen LogP contribution in [-0.4, -0.2) is 28.1 Å². The van der Waals surface area contributed by atoms with Gasteiger partial charge >= 0.3 is 5.97 Å². The number of hydrogen-bond acceptors (Lipinski definition) is 3. The zero-order chi connectivity index (χ0) is 8.01. The highest BCUT2D eigenvalue weighted by Gasteiger charge is 2.46. The lowest BCUT2D eigenvalue weighted by Gasteiger charge is -2.32. The van der Waals surface area contributed by atoms with Crippen molar-refractivity contribution in [3.8, 4) is 0 Å². The van der Waals surface area contributed by atoms with Gasteiger partial charge in [-0.2, -0.15) is 0 Å². The molecule has 5 heteroatoms. The summed E-state index contributed by atoms with van der Waals surface area (Å²) in [6, 6.07) is 0. The fraction of sp³-hybridized carbons (Fsp3) is 0.333. The van der Waals surface area contributed by atoms with E-state index in [0.29, 0.717) is 0 Å². The summed E-state index contributed by atoms with van der Waals surface area (Å²) in [5, 5.41) is 8.51. The number of amides is 1. The summed E-state index contributed by atoms with van der Waals surface area (Å²) in [4.78, 5) is 22.3. The van der Waals surface area contributed by atoms with Crippen LogP contribution in [0.1, 0.15) is 6.42 Å². The summed E-state index contributed by atoms with van der Waals surface area (Å²) >= 11 is 0. The molecule has 0 aliphatic carbocycles. The molecule has 1 N–H and O–H groups in total. The Bertz CT molecular complexity index is 270. The number of carbonyl (C=O) groups is 2. The Balaban J connectivity index is 2.24. The average molecular weight is 155 g/mol. The highest BCUT2D eigenvalue weighted by Crippen LogP contribution is 2.31. The van der Waals surface area contributed by atoms with Crippen molar-refractivity contribution < 1.29 is 19.4 Å². The number of carboxylic acid groups (broad SMARTS) is 1. The third kappa shape index (κ3) is 0.646. The molecular weight excluding hydrogens is 150 g/mol. The quantitative estimate of drug-likeness (QED) is 0.518. The van der Waals surface area contributed by atoms with E-state index in [0.717, 1.165) is 11.2 Å². The molecule has 11 heavy (non-hydrogen) atoms. The zero-order valence-electron chi connectivity index (χ0n) is 5.48. The summed E-state index contributed by atoms with van der Waals surface area (Å²) in [5.41, 5.74) is -0.0637. The average Bonchev–Trinajstić information content (AvgIpc) is 2.25. The van der Waals surface area contributed by atoms with Gasteiger partial charge in [-0.25, -0.2) is 4.79 Å². The van der Waals surface area contributed by atoms with Gasteiger partial charge in [-0.05, 0) is 0 Å². The number of nitrogens with zero attached hydrogens (tertiary/aromatic N) is 1. The van der Waals surface area contributed by atoms with Crippen molar-refractivity contribution in [1.29, 1.82) is 0 Å². The topological polar surface area (TPSA) is 66.8 Å². The van der Waals surface area contributed by atoms with E-state index in [2.05, 4.69) is 0 Å². The standard InChI is InChI=1S/C6H5NO4/c8-4-1-5-7(4)3(2-11-5)6(9)10/h2,5H,1H2,(H,9,10)/t5-/m1/s1. The Morgan fingerprint density at radius 2 is 2.55 bits per heavy atom. The maximum Gasteiger partial charge on any atom is 0.355 e. The van der Waals surface area contributed by atoms with Crippen LogP contribution in [0, 0.1) is 0 Å². The van der Waals surface area contributed by atoms with E-state index < -0.39 is 5.97 Å². The molecular formula is C6H5NO4. The van der Waals surface area contributed by atoms with E-state index in [-0.39, 0.29) is 24.3 Å². The van der Waals surface area contributed by atoms with Gasteiger partial charge in [-0.3, -0.25) is 9.69 Å². The van der Waals surface area contributed by atoms with E-state index in [9.17, 15) is 9.59 Å². The lowest BCUT2D eigenvalue weighted by Crippen LogP contribution is -2.50. The van der Waals surface area contributed by atoms with Gasteiger partial charge in [0.15, 0.2) is 11.9 Å². The van der Waals surface area contributed by atoms with E-state index in [1.807, 2.05) is 0 Å². The summed E-state index contributed by atoms with van der Waals surface area (Å²) < 4.78 is 4.86. The molecule has 58 valence electrons. The van der Waals surface area contributed by atoms with Crippen molar-refractivity contribution in [3.05, 3.63) is 12.0 Å². The van der Waals surface area contributed by atoms with Gasteiger partial charge in [0.1, 0.15) is 6.26 Å². The molecule has 1 fully saturated rings. The number of hydrogen-bond donors (Lipinski definition) is 1. The van der Waals surface area contributed by atoms with Crippen LogP contribution in [0.3, 0.4) is 0 Å². The zero-order valence-corrected chi connectivity index (χ0v) is 5.48. The number of fused-ring (bicyclic) bond motifs is 1. The largest absolute Gasteiger partial charge is 0.476 e. The van der Waals surface area contributed by atoms with Crippen LogP contribution in [0.5, 0.6) is 0 Å². The Morgan fingerprint density at radius 1 is 1.82 bits per heavy atom. The second-order valence-electron chi connectivity index (χ2n) is 2.37. The molecule has 0 spiro atoms. The van der Waals surface area contributed by atoms with Crippen LogP contribution < -0.4 is 0 Å². The van der Waals surface area contributed by atoms with Crippen molar-refractivity contribution in [2.75, 3.05) is 0 Å². The molecule has 0 bridgehead atoms. The first-order chi connectivity index (χ1) is 5.20. The van der Waals surface area contributed by atoms with Gasteiger partial charge in [0.25, 0.3) is 0 Å². The maximum absolute atomic E-state index is 10.8. The van der Waals surface area contributed by atoms with Gasteiger partial charge in [-0.15, -0.1) is 0 Å². The Labute approximate surface area is 61.9 Å². The number of aliphatic carboxylic acids is 1. The Morgan fingerprint density at radius 3 is 3.00 bits per heavy atom. The van der Waals surface area contributed by atoms with Crippen molar-refractivity contribution in [2.24, 2.45) is 0 Å². The van der Waals surface area contributed by atoms with Crippen molar-refractivity contribution in [1.82, 2.24) is 4.90 Å². The van der Waals surface area contributed by atoms with E-state index in [1.54, 1.807) is 0 Å². The van der Waals surface area contributed by atoms with Crippen molar-refractivity contribution in [3.63, 3.8) is 0 Å². The molecule has 2 aliphatic rings. The van der Waals surface area contributed by atoms with Gasteiger partial charge in [-0.1, -0.05) is 0 Å². The molecule has 0 saturated carbocycles. The highest BCUT2D eigenvalue weighted by molar-refractivity contribution is 5.96. The van der Waals surface area contributed by atoms with Gasteiger partial charge in [0, 0.05) is 0 Å². The summed E-state index contributed by atoms with van der Waals surface area (Å²) in [7, 11) is 0.